The number of nitrogens with zero attached hydrogens (tertiary/aromatic N) is 1. The molecule has 5 atom stereocenters. The lowest BCUT2D eigenvalue weighted by Crippen LogP contribution is -2.42. The average Bonchev–Trinajstić information content (AvgIpc) is 2.62. The highest BCUT2D eigenvalue weighted by atomic mass is 15.3. The van der Waals surface area contributed by atoms with Gasteiger partial charge in [0.2, 0.25) is 0 Å². The fourth-order valence-corrected chi connectivity index (χ4v) is 4.13. The van der Waals surface area contributed by atoms with Crippen LogP contribution < -0.4 is 0 Å². The summed E-state index contributed by atoms with van der Waals surface area (Å²) in [5.41, 5.74) is 0. The smallest absolute Gasteiger partial charge is 0.0133 e. The van der Waals surface area contributed by atoms with E-state index in [2.05, 4.69) is 18.7 Å². The Labute approximate surface area is 75.1 Å². The van der Waals surface area contributed by atoms with Crippen LogP contribution in [-0.4, -0.2) is 23.0 Å². The molecule has 2 saturated heterocycles. The van der Waals surface area contributed by atoms with Crippen LogP contribution in [-0.2, 0) is 0 Å². The van der Waals surface area contributed by atoms with E-state index in [1.807, 2.05) is 0 Å². The van der Waals surface area contributed by atoms with E-state index >= 15 is 0 Å². The Bertz CT molecular complexity index is 201. The van der Waals surface area contributed by atoms with E-state index in [9.17, 15) is 0 Å². The molecule has 0 amide bonds. The fraction of sp³-hybridized carbons (Fsp3) is 1.00. The van der Waals surface area contributed by atoms with E-state index in [0.29, 0.717) is 0 Å². The second-order valence-electron chi connectivity index (χ2n) is 5.21. The number of piperidine rings is 1. The molecule has 2 heterocycles. The Morgan fingerprint density at radius 1 is 1.08 bits per heavy atom. The van der Waals surface area contributed by atoms with E-state index < -0.39 is 0 Å². The van der Waals surface area contributed by atoms with Crippen LogP contribution in [0.25, 0.3) is 0 Å². The molecule has 2 aliphatic heterocycles. The minimum Gasteiger partial charge on any atom is -0.294 e. The third-order valence-corrected chi connectivity index (χ3v) is 4.61. The van der Waals surface area contributed by atoms with Crippen LogP contribution in [0.4, 0.5) is 0 Å². The Morgan fingerprint density at radius 2 is 1.92 bits per heavy atom. The van der Waals surface area contributed by atoms with Gasteiger partial charge in [-0.05, 0) is 44.4 Å². The van der Waals surface area contributed by atoms with Gasteiger partial charge in [-0.15, -0.1) is 0 Å². The van der Waals surface area contributed by atoms with Gasteiger partial charge in [-0.2, -0.15) is 0 Å². The number of hydrogen-bond donors (Lipinski definition) is 0. The maximum absolute atomic E-state index is 2.84. The zero-order valence-corrected chi connectivity index (χ0v) is 8.16. The molecule has 3 aliphatic rings. The van der Waals surface area contributed by atoms with Gasteiger partial charge in [-0.25, -0.2) is 0 Å². The molecule has 1 heteroatoms. The zero-order valence-electron chi connectivity index (χ0n) is 8.16. The van der Waals surface area contributed by atoms with Gasteiger partial charge in [-0.3, -0.25) is 4.90 Å². The molecule has 12 heavy (non-hydrogen) atoms. The summed E-state index contributed by atoms with van der Waals surface area (Å²) >= 11 is 0. The van der Waals surface area contributed by atoms with E-state index in [-0.39, 0.29) is 0 Å². The van der Waals surface area contributed by atoms with Crippen molar-refractivity contribution < 1.29 is 0 Å². The summed E-state index contributed by atoms with van der Waals surface area (Å²) < 4.78 is 0. The van der Waals surface area contributed by atoms with Crippen LogP contribution in [0.2, 0.25) is 0 Å². The van der Waals surface area contributed by atoms with Crippen LogP contribution in [0.1, 0.15) is 39.5 Å². The van der Waals surface area contributed by atoms with Gasteiger partial charge in [0, 0.05) is 18.1 Å². The van der Waals surface area contributed by atoms with Crippen molar-refractivity contribution in [1.29, 1.82) is 0 Å². The largest absolute Gasteiger partial charge is 0.294 e. The maximum Gasteiger partial charge on any atom is 0.0133 e. The topological polar surface area (TPSA) is 3.24 Å². The van der Waals surface area contributed by atoms with Gasteiger partial charge in [0.1, 0.15) is 0 Å². The predicted molar refractivity (Wildman–Crippen MR) is 50.0 cm³/mol. The van der Waals surface area contributed by atoms with E-state index in [1.165, 1.54) is 25.7 Å². The van der Waals surface area contributed by atoms with Crippen molar-refractivity contribution in [3.05, 3.63) is 0 Å². The lowest BCUT2D eigenvalue weighted by Gasteiger charge is -2.35. The summed E-state index contributed by atoms with van der Waals surface area (Å²) in [6, 6.07) is 2.87. The van der Waals surface area contributed by atoms with E-state index in [4.69, 9.17) is 0 Å². The Hall–Kier alpha value is -0.0400. The van der Waals surface area contributed by atoms with Gasteiger partial charge in [0.05, 0.1) is 0 Å². The van der Waals surface area contributed by atoms with Crippen molar-refractivity contribution >= 4 is 0 Å². The van der Waals surface area contributed by atoms with Crippen LogP contribution in [0.15, 0.2) is 0 Å². The highest BCUT2D eigenvalue weighted by Crippen LogP contribution is 2.51. The Kier molecular flexibility index (Phi) is 1.39. The molecule has 0 aromatic carbocycles. The first-order chi connectivity index (χ1) is 5.77. The van der Waals surface area contributed by atoms with Gasteiger partial charge in [0.15, 0.2) is 0 Å². The summed E-state index contributed by atoms with van der Waals surface area (Å²) in [5.74, 6) is 2.10. The van der Waals surface area contributed by atoms with Crippen LogP contribution in [0.5, 0.6) is 0 Å². The lowest BCUT2D eigenvalue weighted by atomic mass is 9.89. The average molecular weight is 165 g/mol. The minimum atomic E-state index is 0.900. The number of rotatable bonds is 0. The number of fused-ring (bicyclic) bond motifs is 5. The third kappa shape index (κ3) is 0.736. The molecule has 0 radical (unpaired) electrons. The summed E-state index contributed by atoms with van der Waals surface area (Å²) in [5, 5.41) is 0. The van der Waals surface area contributed by atoms with Crippen molar-refractivity contribution in [3.63, 3.8) is 0 Å². The molecule has 5 unspecified atom stereocenters. The highest BCUT2D eigenvalue weighted by Gasteiger charge is 2.52. The standard InChI is InChI=1S/C11H19N/c1-7-5-9-6-10(7)11-4-3-8(2)12(9)11/h7-11H,3-6H2,1-2H3. The van der Waals surface area contributed by atoms with Crippen LogP contribution >= 0.6 is 0 Å². The highest BCUT2D eigenvalue weighted by molar-refractivity contribution is 5.06. The van der Waals surface area contributed by atoms with Gasteiger partial charge in [-0.1, -0.05) is 6.92 Å². The lowest BCUT2D eigenvalue weighted by molar-refractivity contribution is 0.119. The van der Waals surface area contributed by atoms with Crippen molar-refractivity contribution in [3.8, 4) is 0 Å². The minimum absolute atomic E-state index is 0.900. The van der Waals surface area contributed by atoms with Gasteiger partial charge >= 0.3 is 0 Å². The molecule has 3 rings (SSSR count). The summed E-state index contributed by atoms with van der Waals surface area (Å²) in [7, 11) is 0. The molecule has 0 spiro atoms. The van der Waals surface area contributed by atoms with Gasteiger partial charge < -0.3 is 0 Å². The second kappa shape index (κ2) is 2.25. The molecule has 0 N–H and O–H groups in total. The monoisotopic (exact) mass is 165 g/mol. The molecular weight excluding hydrogens is 146 g/mol. The normalized spacial score (nSPS) is 58.0. The summed E-state index contributed by atoms with van der Waals surface area (Å²) in [6.45, 7) is 4.89. The molecular formula is C11H19N. The van der Waals surface area contributed by atoms with Crippen LogP contribution in [0, 0.1) is 11.8 Å². The van der Waals surface area contributed by atoms with Crippen molar-refractivity contribution in [2.45, 2.75) is 57.7 Å². The first kappa shape index (κ1) is 7.37. The maximum atomic E-state index is 2.84. The predicted octanol–water partition coefficient (Wildman–Crippen LogP) is 2.27. The Morgan fingerprint density at radius 3 is 2.75 bits per heavy atom. The molecule has 1 nitrogen and oxygen atoms in total. The molecule has 68 valence electrons. The Balaban J connectivity index is 1.89. The van der Waals surface area contributed by atoms with Gasteiger partial charge in [0.25, 0.3) is 0 Å². The molecule has 1 aliphatic carbocycles. The summed E-state index contributed by atoms with van der Waals surface area (Å²) in [4.78, 5) is 2.84. The number of hydrogen-bond acceptors (Lipinski definition) is 1. The molecule has 0 aromatic heterocycles. The quantitative estimate of drug-likeness (QED) is 0.532. The van der Waals surface area contributed by atoms with E-state index in [1.54, 1.807) is 0 Å². The molecule has 2 bridgehead atoms. The first-order valence-corrected chi connectivity index (χ1v) is 5.55. The van der Waals surface area contributed by atoms with Crippen LogP contribution in [0.3, 0.4) is 0 Å². The first-order valence-electron chi connectivity index (χ1n) is 5.55. The van der Waals surface area contributed by atoms with Crippen molar-refractivity contribution in [1.82, 2.24) is 4.90 Å². The van der Waals surface area contributed by atoms with E-state index in [0.717, 1.165) is 30.0 Å². The summed E-state index contributed by atoms with van der Waals surface area (Å²) in [6.07, 6.45) is 5.97. The zero-order chi connectivity index (χ0) is 8.29. The molecule has 0 aromatic rings. The molecule has 3 fully saturated rings. The fourth-order valence-electron chi connectivity index (χ4n) is 4.13. The van der Waals surface area contributed by atoms with Crippen molar-refractivity contribution in [2.24, 2.45) is 11.8 Å². The third-order valence-electron chi connectivity index (χ3n) is 4.61. The van der Waals surface area contributed by atoms with Crippen molar-refractivity contribution in [2.75, 3.05) is 0 Å². The second-order valence-corrected chi connectivity index (χ2v) is 5.21. The SMILES string of the molecule is CC1CC2CC1C1CCC(C)N21. The molecule has 1 saturated carbocycles.